The number of carboxylic acids is 1. The molecular weight excluding hydrogens is 691 g/mol. The summed E-state index contributed by atoms with van der Waals surface area (Å²) in [7, 11) is 5.51. The molecule has 8 heteroatoms. The topological polar surface area (TPSA) is 99.1 Å². The summed E-state index contributed by atoms with van der Waals surface area (Å²) in [6.45, 7) is 4.57. The standard InChI is InChI=1S/C47H81NO7/c1-6-8-10-12-14-16-18-20-21-22-23-24-25-26-28-30-32-34-36-38-46(50)55-43(41-53-40-39-44(47(51)52)48(3,4)5)42-54-45(49)37-35-33-31-29-27-19-17-15-13-11-9-7-2/h8,10,14,16,20-21,23-24,26,28,43-44H,6-7,9,11-13,15,17-19,22,25,27,29-42H2,1-5H3/p+1/b10-8+,16-14+,21-20+,24-23+,28-26+. The minimum Gasteiger partial charge on any atom is -0.477 e. The van der Waals surface area contributed by atoms with E-state index in [1.54, 1.807) is 0 Å². The Labute approximate surface area is 337 Å². The number of carboxylic acid groups (broad SMARTS) is 1. The lowest BCUT2D eigenvalue weighted by molar-refractivity contribution is -0.887. The van der Waals surface area contributed by atoms with Crippen molar-refractivity contribution in [3.8, 4) is 0 Å². The molecule has 0 bridgehead atoms. The van der Waals surface area contributed by atoms with E-state index in [1.165, 1.54) is 57.8 Å². The summed E-state index contributed by atoms with van der Waals surface area (Å²) in [5.41, 5.74) is 0. The van der Waals surface area contributed by atoms with Gasteiger partial charge in [0.15, 0.2) is 12.1 Å². The second-order valence-electron chi connectivity index (χ2n) is 15.6. The number of carbonyl (C=O) groups excluding carboxylic acids is 2. The summed E-state index contributed by atoms with van der Waals surface area (Å²) in [5.74, 6) is -1.51. The molecule has 1 N–H and O–H groups in total. The fraction of sp³-hybridized carbons (Fsp3) is 0.723. The van der Waals surface area contributed by atoms with Crippen molar-refractivity contribution in [1.82, 2.24) is 0 Å². The molecule has 0 rings (SSSR count). The number of hydrogen-bond donors (Lipinski definition) is 1. The second kappa shape index (κ2) is 37.9. The van der Waals surface area contributed by atoms with Crippen LogP contribution in [0.15, 0.2) is 60.8 Å². The maximum absolute atomic E-state index is 12.7. The third kappa shape index (κ3) is 36.4. The van der Waals surface area contributed by atoms with Gasteiger partial charge in [0, 0.05) is 19.3 Å². The third-order valence-corrected chi connectivity index (χ3v) is 9.43. The highest BCUT2D eigenvalue weighted by Gasteiger charge is 2.31. The monoisotopic (exact) mass is 773 g/mol. The molecule has 0 heterocycles. The van der Waals surface area contributed by atoms with Crippen LogP contribution in [-0.2, 0) is 28.6 Å². The molecule has 0 amide bonds. The number of carbonyl (C=O) groups is 3. The summed E-state index contributed by atoms with van der Waals surface area (Å²) in [4.78, 5) is 36.9. The minimum absolute atomic E-state index is 0.0468. The lowest BCUT2D eigenvalue weighted by atomic mass is 10.0. The van der Waals surface area contributed by atoms with E-state index in [1.807, 2.05) is 21.1 Å². The van der Waals surface area contributed by atoms with Crippen LogP contribution in [0.25, 0.3) is 0 Å². The summed E-state index contributed by atoms with van der Waals surface area (Å²) in [6.07, 6.45) is 45.5. The Bertz CT molecular complexity index is 1090. The smallest absolute Gasteiger partial charge is 0.362 e. The van der Waals surface area contributed by atoms with E-state index in [0.29, 0.717) is 12.8 Å². The average molecular weight is 773 g/mol. The summed E-state index contributed by atoms with van der Waals surface area (Å²) in [6, 6.07) is -0.621. The summed E-state index contributed by atoms with van der Waals surface area (Å²) >= 11 is 0. The highest BCUT2D eigenvalue weighted by atomic mass is 16.6. The van der Waals surface area contributed by atoms with Gasteiger partial charge in [0.05, 0.1) is 34.4 Å². The van der Waals surface area contributed by atoms with Crippen LogP contribution in [0.3, 0.4) is 0 Å². The van der Waals surface area contributed by atoms with E-state index >= 15 is 0 Å². The van der Waals surface area contributed by atoms with Crippen molar-refractivity contribution >= 4 is 17.9 Å². The number of quaternary nitrogens is 1. The van der Waals surface area contributed by atoms with Crippen LogP contribution >= 0.6 is 0 Å². The molecule has 2 atom stereocenters. The highest BCUT2D eigenvalue weighted by Crippen LogP contribution is 2.14. The van der Waals surface area contributed by atoms with E-state index in [-0.39, 0.29) is 42.7 Å². The van der Waals surface area contributed by atoms with Gasteiger partial charge in [-0.2, -0.15) is 0 Å². The van der Waals surface area contributed by atoms with Gasteiger partial charge in [-0.1, -0.05) is 152 Å². The van der Waals surface area contributed by atoms with Crippen LogP contribution in [0, 0.1) is 0 Å². The zero-order valence-electron chi connectivity index (χ0n) is 35.9. The Morgan fingerprint density at radius 2 is 1.02 bits per heavy atom. The average Bonchev–Trinajstić information content (AvgIpc) is 3.14. The molecule has 0 aromatic rings. The van der Waals surface area contributed by atoms with Crippen LogP contribution in [0.5, 0.6) is 0 Å². The lowest BCUT2D eigenvalue weighted by Crippen LogP contribution is -2.50. The van der Waals surface area contributed by atoms with Crippen LogP contribution < -0.4 is 0 Å². The van der Waals surface area contributed by atoms with Gasteiger partial charge in [0.2, 0.25) is 0 Å². The zero-order chi connectivity index (χ0) is 40.7. The lowest BCUT2D eigenvalue weighted by Gasteiger charge is -2.31. The number of ether oxygens (including phenoxy) is 3. The molecule has 0 fully saturated rings. The summed E-state index contributed by atoms with van der Waals surface area (Å²) in [5, 5.41) is 9.61. The maximum Gasteiger partial charge on any atom is 0.362 e. The van der Waals surface area contributed by atoms with Gasteiger partial charge in [-0.15, -0.1) is 0 Å². The molecule has 0 aliphatic carbocycles. The number of unbranched alkanes of at least 4 members (excludes halogenated alkanes) is 14. The number of nitrogens with zero attached hydrogens (tertiary/aromatic N) is 1. The van der Waals surface area contributed by atoms with Crippen molar-refractivity contribution in [3.05, 3.63) is 60.8 Å². The Kier molecular flexibility index (Phi) is 35.9. The number of rotatable bonds is 38. The molecule has 55 heavy (non-hydrogen) atoms. The normalized spacial score (nSPS) is 13.5. The number of likely N-dealkylation sites (N-methyl/N-ethyl adjacent to an activating group) is 1. The number of esters is 2. The number of allylic oxidation sites excluding steroid dienone is 10. The van der Waals surface area contributed by atoms with Crippen LogP contribution in [0.1, 0.15) is 168 Å². The Balaban J connectivity index is 4.42. The Morgan fingerprint density at radius 3 is 1.51 bits per heavy atom. The highest BCUT2D eigenvalue weighted by molar-refractivity contribution is 5.72. The molecule has 0 aromatic heterocycles. The van der Waals surface area contributed by atoms with Gasteiger partial charge < -0.3 is 23.8 Å². The van der Waals surface area contributed by atoms with Gasteiger partial charge in [-0.3, -0.25) is 9.59 Å². The van der Waals surface area contributed by atoms with Gasteiger partial charge in [0.1, 0.15) is 6.61 Å². The molecule has 316 valence electrons. The first-order valence-corrected chi connectivity index (χ1v) is 21.8. The van der Waals surface area contributed by atoms with Gasteiger partial charge >= 0.3 is 17.9 Å². The molecule has 0 radical (unpaired) electrons. The van der Waals surface area contributed by atoms with E-state index in [4.69, 9.17) is 14.2 Å². The fourth-order valence-electron chi connectivity index (χ4n) is 6.06. The zero-order valence-corrected chi connectivity index (χ0v) is 35.9. The predicted octanol–water partition coefficient (Wildman–Crippen LogP) is 11.8. The quantitative estimate of drug-likeness (QED) is 0.0289. The van der Waals surface area contributed by atoms with Crippen LogP contribution in [0.4, 0.5) is 0 Å². The molecular formula is C47H82NO7+. The fourth-order valence-corrected chi connectivity index (χ4v) is 6.06. The molecule has 0 spiro atoms. The summed E-state index contributed by atoms with van der Waals surface area (Å²) < 4.78 is 17.2. The minimum atomic E-state index is -0.882. The molecule has 0 aromatic carbocycles. The van der Waals surface area contributed by atoms with E-state index < -0.39 is 18.1 Å². The van der Waals surface area contributed by atoms with E-state index in [0.717, 1.165) is 77.0 Å². The van der Waals surface area contributed by atoms with Crippen molar-refractivity contribution in [2.45, 2.75) is 180 Å². The van der Waals surface area contributed by atoms with Gasteiger partial charge in [0.25, 0.3) is 0 Å². The first kappa shape index (κ1) is 52.0. The SMILES string of the molecule is CC/C=C/C/C=C/C/C=C/C/C=C/C/C=C/CCCCCC(=O)OC(COCCC(C(=O)O)[N+](C)(C)C)COC(=O)CCCCCCCCCCCCCC. The van der Waals surface area contributed by atoms with Crippen molar-refractivity contribution in [1.29, 1.82) is 0 Å². The maximum atomic E-state index is 12.7. The van der Waals surface area contributed by atoms with Gasteiger partial charge in [-0.05, 0) is 57.8 Å². The number of hydrogen-bond acceptors (Lipinski definition) is 6. The van der Waals surface area contributed by atoms with Crippen molar-refractivity contribution in [2.75, 3.05) is 41.0 Å². The molecule has 0 saturated carbocycles. The molecule has 2 unspecified atom stereocenters. The molecule has 0 aliphatic heterocycles. The Morgan fingerprint density at radius 1 is 0.564 bits per heavy atom. The van der Waals surface area contributed by atoms with Crippen LogP contribution in [0.2, 0.25) is 0 Å². The van der Waals surface area contributed by atoms with Gasteiger partial charge in [-0.25, -0.2) is 4.79 Å². The van der Waals surface area contributed by atoms with E-state index in [2.05, 4.69) is 74.6 Å². The first-order valence-electron chi connectivity index (χ1n) is 21.8. The predicted molar refractivity (Wildman–Crippen MR) is 229 cm³/mol. The number of aliphatic carboxylic acids is 1. The second-order valence-corrected chi connectivity index (χ2v) is 15.6. The van der Waals surface area contributed by atoms with Crippen molar-refractivity contribution in [2.24, 2.45) is 0 Å². The van der Waals surface area contributed by atoms with Crippen LogP contribution in [-0.4, -0.2) is 80.6 Å². The molecule has 0 saturated heterocycles. The molecule has 8 nitrogen and oxygen atoms in total. The van der Waals surface area contributed by atoms with Crippen molar-refractivity contribution in [3.63, 3.8) is 0 Å². The van der Waals surface area contributed by atoms with E-state index in [9.17, 15) is 19.5 Å². The third-order valence-electron chi connectivity index (χ3n) is 9.43. The Hall–Kier alpha value is -2.97. The van der Waals surface area contributed by atoms with Crippen molar-refractivity contribution < 1.29 is 38.2 Å². The largest absolute Gasteiger partial charge is 0.477 e. The first-order chi connectivity index (χ1) is 26.6. The molecule has 0 aliphatic rings.